The molecule has 0 saturated carbocycles. The van der Waals surface area contributed by atoms with Gasteiger partial charge >= 0.3 is 37.9 Å². The predicted octanol–water partition coefficient (Wildman–Crippen LogP) is 7.60. The molecule has 0 spiro atoms. The molecule has 0 atom stereocenters. The second-order valence-corrected chi connectivity index (χ2v) is 10.0. The van der Waals surface area contributed by atoms with Crippen LogP contribution >= 0.6 is 17.0 Å². The summed E-state index contributed by atoms with van der Waals surface area (Å²) in [6.45, 7) is 8.99. The van der Waals surface area contributed by atoms with Gasteiger partial charge in [-0.2, -0.15) is 6.07 Å². The van der Waals surface area contributed by atoms with Crippen LogP contribution in [0.15, 0.2) is 48.5 Å². The molecule has 3 rings (SSSR count). The summed E-state index contributed by atoms with van der Waals surface area (Å²) in [4.78, 5) is 0. The molecule has 3 aromatic carbocycles. The number of halogens is 2. The van der Waals surface area contributed by atoms with Crippen molar-refractivity contribution < 1.29 is 20.8 Å². The molecule has 0 fully saturated rings. The summed E-state index contributed by atoms with van der Waals surface area (Å²) in [6, 6.07) is 18.1. The van der Waals surface area contributed by atoms with Gasteiger partial charge in [-0.1, -0.05) is 56.2 Å². The molecule has 0 N–H and O–H groups in total. The van der Waals surface area contributed by atoms with Crippen LogP contribution in [0.3, 0.4) is 0 Å². The monoisotopic (exact) mass is 435 g/mol. The minimum atomic E-state index is -0.826. The molecule has 0 aliphatic heterocycles. The number of fused-ring (bicyclic) bond motifs is 1. The molecule has 126 valence electrons. The third-order valence-corrected chi connectivity index (χ3v) is 4.46. The van der Waals surface area contributed by atoms with Crippen LogP contribution in [0.2, 0.25) is 0 Å². The van der Waals surface area contributed by atoms with E-state index in [1.54, 1.807) is 0 Å². The number of hydrogen-bond donors (Lipinski definition) is 0. The van der Waals surface area contributed by atoms with Crippen molar-refractivity contribution in [3.63, 3.8) is 0 Å². The average molecular weight is 438 g/mol. The molecule has 3 heteroatoms. The van der Waals surface area contributed by atoms with Gasteiger partial charge in [-0.25, -0.2) is 0 Å². The summed E-state index contributed by atoms with van der Waals surface area (Å²) in [7, 11) is 9.87. The van der Waals surface area contributed by atoms with Crippen molar-refractivity contribution in [1.82, 2.24) is 0 Å². The zero-order valence-electron chi connectivity index (χ0n) is 14.7. The summed E-state index contributed by atoms with van der Waals surface area (Å²) in [6.07, 6.45) is 1.07. The van der Waals surface area contributed by atoms with Gasteiger partial charge < -0.3 is 0 Å². The third-order valence-electron chi connectivity index (χ3n) is 4.46. The quantitative estimate of drug-likeness (QED) is 0.370. The fraction of sp³-hybridized carbons (Fsp3) is 0.286. The molecule has 0 aliphatic rings. The molecular formula is C21H23Cl2Zr-. The summed E-state index contributed by atoms with van der Waals surface area (Å²) >= 11 is -0.826. The fourth-order valence-electron chi connectivity index (χ4n) is 3.18. The Hall–Kier alpha value is -0.487. The normalized spacial score (nSPS) is 10.6. The summed E-state index contributed by atoms with van der Waals surface area (Å²) in [5.74, 6) is 0.576. The van der Waals surface area contributed by atoms with Crippen molar-refractivity contribution in [3.8, 4) is 11.1 Å². The zero-order valence-corrected chi connectivity index (χ0v) is 18.6. The molecule has 0 heterocycles. The molecular weight excluding hydrogens is 414 g/mol. The zero-order chi connectivity index (χ0) is 17.7. The first-order valence-corrected chi connectivity index (χ1v) is 14.6. The Labute approximate surface area is 164 Å². The van der Waals surface area contributed by atoms with Crippen molar-refractivity contribution in [3.05, 3.63) is 65.2 Å². The first-order valence-electron chi connectivity index (χ1n) is 8.27. The fourth-order valence-corrected chi connectivity index (χ4v) is 3.18. The van der Waals surface area contributed by atoms with Crippen LogP contribution in [0, 0.1) is 6.92 Å². The summed E-state index contributed by atoms with van der Waals surface area (Å²) in [5, 5.41) is 2.77. The molecule has 0 aromatic heterocycles. The van der Waals surface area contributed by atoms with Crippen LogP contribution in [0.1, 0.15) is 43.4 Å². The van der Waals surface area contributed by atoms with Gasteiger partial charge in [0.15, 0.2) is 0 Å². The average Bonchev–Trinajstić information content (AvgIpc) is 3.00. The van der Waals surface area contributed by atoms with E-state index in [4.69, 9.17) is 17.0 Å². The molecule has 0 unspecified atom stereocenters. The standard InChI is InChI=1S/C21H23.2ClH.Zr/c1-5-16-8-6-7-9-19(16)21-15(4)10-11-17-12-18(14(2)3)13-20(17)21;;;/h6-14H,5H2,1-4H3;2*1H;/q-1;;;+2/p-2. The van der Waals surface area contributed by atoms with E-state index >= 15 is 0 Å². The molecule has 24 heavy (non-hydrogen) atoms. The van der Waals surface area contributed by atoms with Gasteiger partial charge in [0.05, 0.1) is 0 Å². The first kappa shape index (κ1) is 19.8. The van der Waals surface area contributed by atoms with Crippen LogP contribution in [0.5, 0.6) is 0 Å². The van der Waals surface area contributed by atoms with Crippen molar-refractivity contribution in [1.29, 1.82) is 0 Å². The third kappa shape index (κ3) is 4.37. The Morgan fingerprint density at radius 1 is 1.08 bits per heavy atom. The Kier molecular flexibility index (Phi) is 7.67. The maximum atomic E-state index is 4.93. The van der Waals surface area contributed by atoms with Gasteiger partial charge in [0.2, 0.25) is 0 Å². The molecule has 0 amide bonds. The van der Waals surface area contributed by atoms with E-state index < -0.39 is 20.8 Å². The van der Waals surface area contributed by atoms with Crippen LogP contribution in [0.25, 0.3) is 21.9 Å². The molecule has 3 aromatic rings. The van der Waals surface area contributed by atoms with Gasteiger partial charge in [0, 0.05) is 0 Å². The Morgan fingerprint density at radius 3 is 2.38 bits per heavy atom. The number of aryl methyl sites for hydroxylation is 2. The van der Waals surface area contributed by atoms with Crippen molar-refractivity contribution >= 4 is 27.8 Å². The van der Waals surface area contributed by atoms with Crippen molar-refractivity contribution in [2.24, 2.45) is 0 Å². The van der Waals surface area contributed by atoms with Crippen molar-refractivity contribution in [2.75, 3.05) is 0 Å². The summed E-state index contributed by atoms with van der Waals surface area (Å²) < 4.78 is 0. The van der Waals surface area contributed by atoms with E-state index in [-0.39, 0.29) is 0 Å². The second-order valence-electron chi connectivity index (χ2n) is 6.29. The van der Waals surface area contributed by atoms with Gasteiger partial charge in [-0.05, 0) is 30.4 Å². The van der Waals surface area contributed by atoms with Gasteiger partial charge in [-0.3, -0.25) is 0 Å². The van der Waals surface area contributed by atoms with Gasteiger partial charge in [0.1, 0.15) is 0 Å². The number of hydrogen-bond acceptors (Lipinski definition) is 0. The van der Waals surface area contributed by atoms with Crippen LogP contribution in [-0.4, -0.2) is 0 Å². The van der Waals surface area contributed by atoms with E-state index in [2.05, 4.69) is 76.2 Å². The van der Waals surface area contributed by atoms with Crippen molar-refractivity contribution in [2.45, 2.75) is 40.0 Å². The number of rotatable bonds is 3. The SMILES string of the molecule is CCc1ccccc1-c1c(C)ccc2[cH-]c(C(C)C)cc12.[Cl][Zr][Cl]. The van der Waals surface area contributed by atoms with E-state index in [1.165, 1.54) is 38.6 Å². The Bertz CT molecular complexity index is 803. The maximum absolute atomic E-state index is 4.93. The predicted molar refractivity (Wildman–Crippen MR) is 105 cm³/mol. The Morgan fingerprint density at radius 2 is 1.75 bits per heavy atom. The molecule has 0 nitrogen and oxygen atoms in total. The summed E-state index contributed by atoms with van der Waals surface area (Å²) in [5.41, 5.74) is 7.04. The van der Waals surface area contributed by atoms with Gasteiger partial charge in [0.25, 0.3) is 0 Å². The molecule has 0 aliphatic carbocycles. The molecule has 0 radical (unpaired) electrons. The number of benzene rings is 2. The van der Waals surface area contributed by atoms with Gasteiger partial charge in [-0.15, -0.1) is 34.5 Å². The van der Waals surface area contributed by atoms with E-state index in [0.717, 1.165) is 6.42 Å². The Balaban J connectivity index is 0.000000647. The van der Waals surface area contributed by atoms with Crippen LogP contribution in [-0.2, 0) is 27.3 Å². The van der Waals surface area contributed by atoms with E-state index in [0.29, 0.717) is 5.92 Å². The van der Waals surface area contributed by atoms with E-state index in [1.807, 2.05) is 0 Å². The minimum absolute atomic E-state index is 0.576. The van der Waals surface area contributed by atoms with Crippen LogP contribution < -0.4 is 0 Å². The second kappa shape index (κ2) is 9.28. The first-order chi connectivity index (χ1) is 11.5. The molecule has 0 bridgehead atoms. The van der Waals surface area contributed by atoms with E-state index in [9.17, 15) is 0 Å². The molecule has 0 saturated heterocycles. The topological polar surface area (TPSA) is 0 Å². The van der Waals surface area contributed by atoms with Crippen LogP contribution in [0.4, 0.5) is 0 Å².